The average molecular weight is 430 g/mol. The highest BCUT2D eigenvalue weighted by Gasteiger charge is 2.35. The molecule has 2 heterocycles. The molecule has 0 radical (unpaired) electrons. The molecule has 0 aromatic carbocycles. The lowest BCUT2D eigenvalue weighted by atomic mass is 9.86. The number of nitrogens with one attached hydrogen (secondary N) is 1. The Kier molecular flexibility index (Phi) is 8.30. The van der Waals surface area contributed by atoms with Crippen LogP contribution in [0.2, 0.25) is 5.15 Å². The molecule has 1 aromatic heterocycles. The lowest BCUT2D eigenvalue weighted by Gasteiger charge is -2.35. The number of esters is 1. The number of aromatic nitrogens is 2. The minimum Gasteiger partial charge on any atom is -0.465 e. The molecule has 0 saturated carbocycles. The fourth-order valence-corrected chi connectivity index (χ4v) is 3.15. The Morgan fingerprint density at radius 1 is 1.21 bits per heavy atom. The van der Waals surface area contributed by atoms with E-state index in [2.05, 4.69) is 15.3 Å². The van der Waals surface area contributed by atoms with Crippen LogP contribution in [0.3, 0.4) is 0 Å². The van der Waals surface area contributed by atoms with Gasteiger partial charge in [0, 0.05) is 13.5 Å². The quantitative estimate of drug-likeness (QED) is 0.405. The van der Waals surface area contributed by atoms with Gasteiger partial charge in [0.25, 0.3) is 0 Å². The van der Waals surface area contributed by atoms with Gasteiger partial charge >= 0.3 is 5.97 Å². The summed E-state index contributed by atoms with van der Waals surface area (Å²) in [4.78, 5) is 21.8. The molecule has 0 atom stereocenters. The second kappa shape index (κ2) is 10.3. The molecule has 1 aliphatic rings. The zero-order valence-electron chi connectivity index (χ0n) is 17.8. The number of nitrogens with zero attached hydrogens (tertiary/aromatic N) is 3. The number of fused-ring (bicyclic) bond motifs is 1. The number of hydrogen-bond donors (Lipinski definition) is 2. The summed E-state index contributed by atoms with van der Waals surface area (Å²) < 4.78 is 17.2. The zero-order valence-corrected chi connectivity index (χ0v) is 18.6. The molecule has 2 rings (SSSR count). The maximum absolute atomic E-state index is 11.5. The van der Waals surface area contributed by atoms with E-state index in [1.54, 1.807) is 0 Å². The molecule has 1 aromatic rings. The highest BCUT2D eigenvalue weighted by atomic mass is 35.5. The van der Waals surface area contributed by atoms with Crippen molar-refractivity contribution in [1.82, 2.24) is 9.97 Å². The molecule has 0 aliphatic carbocycles. The molecule has 164 valence electrons. The first-order valence-electron chi connectivity index (χ1n) is 9.80. The molecule has 0 fully saturated rings. The van der Waals surface area contributed by atoms with Crippen LogP contribution < -0.4 is 16.0 Å². The SMILES string of the molecule is CC(=O)OCC(CCN1CNc2c(Cl)nc(N)nc21)(COC(C)C)COC(C)C. The van der Waals surface area contributed by atoms with Crippen molar-refractivity contribution in [2.24, 2.45) is 5.41 Å². The van der Waals surface area contributed by atoms with Gasteiger partial charge in [0.1, 0.15) is 12.3 Å². The van der Waals surface area contributed by atoms with Gasteiger partial charge < -0.3 is 30.2 Å². The summed E-state index contributed by atoms with van der Waals surface area (Å²) in [6.07, 6.45) is 0.750. The number of anilines is 3. The minimum atomic E-state index is -0.495. The van der Waals surface area contributed by atoms with Crippen LogP contribution in [0.1, 0.15) is 41.0 Å². The molecule has 0 saturated heterocycles. The first-order valence-corrected chi connectivity index (χ1v) is 10.2. The highest BCUT2D eigenvalue weighted by molar-refractivity contribution is 6.32. The molecule has 1 aliphatic heterocycles. The van der Waals surface area contributed by atoms with E-state index in [1.807, 2.05) is 32.6 Å². The van der Waals surface area contributed by atoms with Crippen molar-refractivity contribution in [3.8, 4) is 0 Å². The largest absolute Gasteiger partial charge is 0.465 e. The monoisotopic (exact) mass is 429 g/mol. The number of nitrogen functional groups attached to an aromatic ring is 1. The highest BCUT2D eigenvalue weighted by Crippen LogP contribution is 2.36. The van der Waals surface area contributed by atoms with Gasteiger partial charge in [-0.25, -0.2) is 0 Å². The van der Waals surface area contributed by atoms with E-state index in [-0.39, 0.29) is 30.7 Å². The summed E-state index contributed by atoms with van der Waals surface area (Å²) in [5.74, 6) is 0.460. The Labute approximate surface area is 177 Å². The van der Waals surface area contributed by atoms with E-state index >= 15 is 0 Å². The Morgan fingerprint density at radius 2 is 1.83 bits per heavy atom. The zero-order chi connectivity index (χ0) is 21.6. The Balaban J connectivity index is 2.18. The van der Waals surface area contributed by atoms with Crippen molar-refractivity contribution in [1.29, 1.82) is 0 Å². The van der Waals surface area contributed by atoms with E-state index in [0.29, 0.717) is 49.5 Å². The number of nitrogens with two attached hydrogens (primary N) is 1. The van der Waals surface area contributed by atoms with Crippen molar-refractivity contribution >= 4 is 35.0 Å². The van der Waals surface area contributed by atoms with Crippen molar-refractivity contribution in [3.63, 3.8) is 0 Å². The second-order valence-corrected chi connectivity index (χ2v) is 8.28. The van der Waals surface area contributed by atoms with Gasteiger partial charge in [0.05, 0.1) is 37.5 Å². The van der Waals surface area contributed by atoms with Gasteiger partial charge in [-0.05, 0) is 34.1 Å². The maximum atomic E-state index is 11.5. The number of carbonyl (C=O) groups excluding carboxylic acids is 1. The van der Waals surface area contributed by atoms with E-state index in [9.17, 15) is 4.79 Å². The molecular weight excluding hydrogens is 398 g/mol. The first-order chi connectivity index (χ1) is 13.6. The van der Waals surface area contributed by atoms with Gasteiger partial charge in [-0.1, -0.05) is 11.6 Å². The average Bonchev–Trinajstić information content (AvgIpc) is 3.03. The van der Waals surface area contributed by atoms with Crippen LogP contribution in [0.5, 0.6) is 0 Å². The molecule has 29 heavy (non-hydrogen) atoms. The summed E-state index contributed by atoms with van der Waals surface area (Å²) >= 11 is 6.17. The van der Waals surface area contributed by atoms with Crippen LogP contribution in [0.15, 0.2) is 0 Å². The number of ether oxygens (including phenoxy) is 3. The van der Waals surface area contributed by atoms with E-state index in [0.717, 1.165) is 0 Å². The van der Waals surface area contributed by atoms with Crippen LogP contribution in [0.4, 0.5) is 17.5 Å². The van der Waals surface area contributed by atoms with Crippen LogP contribution in [0, 0.1) is 5.41 Å². The number of carbonyl (C=O) groups is 1. The lowest BCUT2D eigenvalue weighted by Crippen LogP contribution is -2.42. The van der Waals surface area contributed by atoms with Crippen LogP contribution in [-0.2, 0) is 19.0 Å². The van der Waals surface area contributed by atoms with Crippen LogP contribution in [-0.4, -0.2) is 61.2 Å². The van der Waals surface area contributed by atoms with Crippen molar-refractivity contribution in [2.75, 3.05) is 49.0 Å². The summed E-state index contributed by atoms with van der Waals surface area (Å²) in [6, 6.07) is 0. The van der Waals surface area contributed by atoms with Gasteiger partial charge in [-0.2, -0.15) is 9.97 Å². The third-order valence-corrected chi connectivity index (χ3v) is 4.82. The summed E-state index contributed by atoms with van der Waals surface area (Å²) in [7, 11) is 0. The van der Waals surface area contributed by atoms with Gasteiger partial charge in [0.15, 0.2) is 11.0 Å². The minimum absolute atomic E-state index is 0.0475. The summed E-state index contributed by atoms with van der Waals surface area (Å²) in [5, 5.41) is 3.50. The molecule has 0 spiro atoms. The number of rotatable bonds is 11. The summed E-state index contributed by atoms with van der Waals surface area (Å²) in [6.45, 7) is 11.5. The topological polar surface area (TPSA) is 112 Å². The molecule has 10 heteroatoms. The van der Waals surface area contributed by atoms with Crippen molar-refractivity contribution in [3.05, 3.63) is 5.15 Å². The third-order valence-electron chi connectivity index (χ3n) is 4.55. The van der Waals surface area contributed by atoms with Crippen molar-refractivity contribution < 1.29 is 19.0 Å². The Bertz CT molecular complexity index is 689. The van der Waals surface area contributed by atoms with Crippen LogP contribution >= 0.6 is 11.6 Å². The molecular formula is C19H32ClN5O4. The fraction of sp³-hybridized carbons (Fsp3) is 0.737. The van der Waals surface area contributed by atoms with E-state index < -0.39 is 5.41 Å². The standard InChI is InChI=1S/C19H32ClN5O4/c1-12(2)27-8-19(9-28-13(3)4,10-29-14(5)26)6-7-25-11-22-15-16(20)23-18(21)24-17(15)25/h12-13,22H,6-11H2,1-5H3,(H2,21,23,24). The maximum Gasteiger partial charge on any atom is 0.302 e. The second-order valence-electron chi connectivity index (χ2n) is 7.92. The van der Waals surface area contributed by atoms with E-state index in [1.165, 1.54) is 6.92 Å². The Morgan fingerprint density at radius 3 is 2.38 bits per heavy atom. The number of halogens is 1. The van der Waals surface area contributed by atoms with Gasteiger partial charge in [-0.15, -0.1) is 0 Å². The Hall–Kier alpha value is -1.84. The molecule has 0 unspecified atom stereocenters. The smallest absolute Gasteiger partial charge is 0.302 e. The van der Waals surface area contributed by atoms with Crippen molar-refractivity contribution in [2.45, 2.75) is 53.2 Å². The summed E-state index contributed by atoms with van der Waals surface area (Å²) in [5.41, 5.74) is 5.94. The predicted octanol–water partition coefficient (Wildman–Crippen LogP) is 2.69. The van der Waals surface area contributed by atoms with E-state index in [4.69, 9.17) is 31.5 Å². The molecule has 9 nitrogen and oxygen atoms in total. The first kappa shape index (κ1) is 23.4. The number of hydrogen-bond acceptors (Lipinski definition) is 9. The predicted molar refractivity (Wildman–Crippen MR) is 113 cm³/mol. The van der Waals surface area contributed by atoms with Gasteiger partial charge in [-0.3, -0.25) is 4.79 Å². The fourth-order valence-electron chi connectivity index (χ4n) is 2.91. The third kappa shape index (κ3) is 6.87. The molecule has 0 amide bonds. The normalized spacial score (nSPS) is 13.7. The lowest BCUT2D eigenvalue weighted by molar-refractivity contribution is -0.151. The molecule has 3 N–H and O–H groups in total. The molecule has 0 bridgehead atoms. The van der Waals surface area contributed by atoms with Crippen LogP contribution in [0.25, 0.3) is 0 Å². The van der Waals surface area contributed by atoms with Gasteiger partial charge in [0.2, 0.25) is 5.95 Å².